The van der Waals surface area contributed by atoms with Crippen molar-refractivity contribution in [3.05, 3.63) is 58.6 Å². The van der Waals surface area contributed by atoms with Crippen LogP contribution in [0.4, 0.5) is 5.95 Å². The monoisotopic (exact) mass is 402 g/mol. The predicted octanol–water partition coefficient (Wildman–Crippen LogP) is 3.18. The van der Waals surface area contributed by atoms with Gasteiger partial charge in [-0.05, 0) is 34.8 Å². The normalized spacial score (nSPS) is 12.1. The Labute approximate surface area is 154 Å². The fourth-order valence-electron chi connectivity index (χ4n) is 2.60. The van der Waals surface area contributed by atoms with Gasteiger partial charge in [0, 0.05) is 6.20 Å². The number of anilines is 1. The lowest BCUT2D eigenvalue weighted by Gasteiger charge is -2.13. The molecule has 0 spiro atoms. The minimum Gasteiger partial charge on any atom is -0.291 e. The smallest absolute Gasteiger partial charge is 0.251 e. The molecule has 2 aromatic heterocycles. The van der Waals surface area contributed by atoms with Crippen LogP contribution >= 0.6 is 15.9 Å². The third-order valence-electron chi connectivity index (χ3n) is 3.78. The third kappa shape index (κ3) is 4.33. The van der Waals surface area contributed by atoms with Gasteiger partial charge in [-0.15, -0.1) is 5.10 Å². The van der Waals surface area contributed by atoms with E-state index in [1.54, 1.807) is 28.1 Å². The molecule has 0 bridgehead atoms. The molecule has 0 saturated heterocycles. The number of amides is 1. The van der Waals surface area contributed by atoms with Crippen LogP contribution in [0.2, 0.25) is 0 Å². The number of aryl methyl sites for hydroxylation is 1. The Morgan fingerprint density at radius 3 is 2.92 bits per heavy atom. The molecule has 130 valence electrons. The van der Waals surface area contributed by atoms with Gasteiger partial charge in [-0.3, -0.25) is 14.8 Å². The van der Waals surface area contributed by atoms with Crippen LogP contribution in [0.25, 0.3) is 0 Å². The molecule has 0 aliphatic rings. The molecule has 3 aromatic rings. The lowest BCUT2D eigenvalue weighted by Crippen LogP contribution is -2.26. The second kappa shape index (κ2) is 7.60. The van der Waals surface area contributed by atoms with Gasteiger partial charge in [0.1, 0.15) is 12.4 Å². The van der Waals surface area contributed by atoms with E-state index in [1.165, 1.54) is 5.56 Å². The molecule has 1 aromatic carbocycles. The summed E-state index contributed by atoms with van der Waals surface area (Å²) in [7, 11) is 0. The second-order valence-electron chi connectivity index (χ2n) is 5.81. The maximum atomic E-state index is 12.5. The highest BCUT2D eigenvalue weighted by atomic mass is 79.9. The summed E-state index contributed by atoms with van der Waals surface area (Å²) in [5.41, 5.74) is 2.33. The molecular formula is C17H19BrN6O. The highest BCUT2D eigenvalue weighted by molar-refractivity contribution is 9.10. The van der Waals surface area contributed by atoms with Gasteiger partial charge in [-0.25, -0.2) is 9.67 Å². The first-order chi connectivity index (χ1) is 12.0. The Balaban J connectivity index is 1.67. The highest BCUT2D eigenvalue weighted by Crippen LogP contribution is 2.16. The first-order valence-corrected chi connectivity index (χ1v) is 8.80. The Kier molecular flexibility index (Phi) is 5.28. The van der Waals surface area contributed by atoms with Crippen molar-refractivity contribution in [1.82, 2.24) is 24.5 Å². The van der Waals surface area contributed by atoms with Crippen LogP contribution < -0.4 is 5.32 Å². The number of halogens is 1. The van der Waals surface area contributed by atoms with Crippen molar-refractivity contribution in [2.45, 2.75) is 32.9 Å². The zero-order valence-electron chi connectivity index (χ0n) is 14.1. The van der Waals surface area contributed by atoms with E-state index in [1.807, 2.05) is 19.1 Å². The molecule has 0 fully saturated rings. The van der Waals surface area contributed by atoms with Gasteiger partial charge in [0.25, 0.3) is 5.91 Å². The SMILES string of the molecule is CCC(C(=O)Nc1ncn(Cc2cccc(C)c2)n1)n1cc(Br)cn1. The Hall–Kier alpha value is -2.48. The molecule has 0 aliphatic heterocycles. The molecule has 1 atom stereocenters. The molecule has 8 heteroatoms. The maximum Gasteiger partial charge on any atom is 0.251 e. The topological polar surface area (TPSA) is 77.6 Å². The molecule has 1 N–H and O–H groups in total. The van der Waals surface area contributed by atoms with E-state index in [9.17, 15) is 4.79 Å². The van der Waals surface area contributed by atoms with E-state index in [0.717, 1.165) is 10.0 Å². The van der Waals surface area contributed by atoms with Crippen molar-refractivity contribution < 1.29 is 4.79 Å². The van der Waals surface area contributed by atoms with Crippen molar-refractivity contribution in [2.75, 3.05) is 5.32 Å². The average molecular weight is 403 g/mol. The van der Waals surface area contributed by atoms with Crippen LogP contribution in [0.1, 0.15) is 30.5 Å². The van der Waals surface area contributed by atoms with Gasteiger partial charge < -0.3 is 0 Å². The number of benzene rings is 1. The molecule has 7 nitrogen and oxygen atoms in total. The van der Waals surface area contributed by atoms with Crippen molar-refractivity contribution in [1.29, 1.82) is 0 Å². The van der Waals surface area contributed by atoms with Gasteiger partial charge in [0.05, 0.1) is 17.2 Å². The minimum atomic E-state index is -0.407. The lowest BCUT2D eigenvalue weighted by molar-refractivity contribution is -0.119. The first-order valence-electron chi connectivity index (χ1n) is 8.00. The van der Waals surface area contributed by atoms with Crippen LogP contribution in [0, 0.1) is 6.92 Å². The van der Waals surface area contributed by atoms with E-state index in [2.05, 4.69) is 55.5 Å². The van der Waals surface area contributed by atoms with Gasteiger partial charge in [-0.2, -0.15) is 5.10 Å². The summed E-state index contributed by atoms with van der Waals surface area (Å²) in [4.78, 5) is 16.7. The number of aromatic nitrogens is 5. The number of hydrogen-bond acceptors (Lipinski definition) is 4. The summed E-state index contributed by atoms with van der Waals surface area (Å²) in [6.07, 6.45) is 5.66. The number of nitrogens with one attached hydrogen (secondary N) is 1. The molecule has 0 radical (unpaired) electrons. The summed E-state index contributed by atoms with van der Waals surface area (Å²) >= 11 is 3.34. The predicted molar refractivity (Wildman–Crippen MR) is 98.2 cm³/mol. The van der Waals surface area contributed by atoms with E-state index >= 15 is 0 Å². The average Bonchev–Trinajstić information content (AvgIpc) is 3.17. The van der Waals surface area contributed by atoms with Gasteiger partial charge in [0.2, 0.25) is 5.95 Å². The number of nitrogens with zero attached hydrogens (tertiary/aromatic N) is 5. The van der Waals surface area contributed by atoms with Crippen molar-refractivity contribution >= 4 is 27.8 Å². The molecule has 0 saturated carbocycles. The molecule has 1 amide bonds. The largest absolute Gasteiger partial charge is 0.291 e. The van der Waals surface area contributed by atoms with Crippen LogP contribution in [0.3, 0.4) is 0 Å². The van der Waals surface area contributed by atoms with E-state index in [4.69, 9.17) is 0 Å². The molecule has 1 unspecified atom stereocenters. The fraction of sp³-hybridized carbons (Fsp3) is 0.294. The number of carbonyl (C=O) groups is 1. The lowest BCUT2D eigenvalue weighted by atomic mass is 10.1. The molecular weight excluding hydrogens is 384 g/mol. The van der Waals surface area contributed by atoms with Gasteiger partial charge >= 0.3 is 0 Å². The maximum absolute atomic E-state index is 12.5. The van der Waals surface area contributed by atoms with E-state index in [-0.39, 0.29) is 5.91 Å². The molecule has 0 aliphatic carbocycles. The van der Waals surface area contributed by atoms with Crippen molar-refractivity contribution in [3.63, 3.8) is 0 Å². The number of carbonyl (C=O) groups excluding carboxylic acids is 1. The Morgan fingerprint density at radius 2 is 2.24 bits per heavy atom. The van der Waals surface area contributed by atoms with Gasteiger partial charge in [-0.1, -0.05) is 36.8 Å². The molecule has 2 heterocycles. The van der Waals surface area contributed by atoms with Crippen LogP contribution in [0.5, 0.6) is 0 Å². The van der Waals surface area contributed by atoms with Crippen molar-refractivity contribution in [3.8, 4) is 0 Å². The molecule has 25 heavy (non-hydrogen) atoms. The van der Waals surface area contributed by atoms with Crippen LogP contribution in [0.15, 0.2) is 47.5 Å². The third-order valence-corrected chi connectivity index (χ3v) is 4.19. The summed E-state index contributed by atoms with van der Waals surface area (Å²) in [6, 6.07) is 7.79. The quantitative estimate of drug-likeness (QED) is 0.686. The molecule has 3 rings (SSSR count). The summed E-state index contributed by atoms with van der Waals surface area (Å²) < 4.78 is 4.17. The van der Waals surface area contributed by atoms with Crippen LogP contribution in [-0.4, -0.2) is 30.5 Å². The Morgan fingerprint density at radius 1 is 1.40 bits per heavy atom. The number of hydrogen-bond donors (Lipinski definition) is 1. The number of rotatable bonds is 6. The van der Waals surface area contributed by atoms with Crippen LogP contribution in [-0.2, 0) is 11.3 Å². The van der Waals surface area contributed by atoms with E-state index < -0.39 is 6.04 Å². The minimum absolute atomic E-state index is 0.189. The highest BCUT2D eigenvalue weighted by Gasteiger charge is 2.20. The summed E-state index contributed by atoms with van der Waals surface area (Å²) in [5.74, 6) is 0.105. The summed E-state index contributed by atoms with van der Waals surface area (Å²) in [6.45, 7) is 4.59. The zero-order valence-corrected chi connectivity index (χ0v) is 15.6. The summed E-state index contributed by atoms with van der Waals surface area (Å²) in [5, 5.41) is 11.3. The standard InChI is InChI=1S/C17H19BrN6O/c1-3-15(24-10-14(18)8-20-24)16(25)21-17-19-11-23(22-17)9-13-6-4-5-12(2)7-13/h4-8,10-11,15H,3,9H2,1-2H3,(H,21,22,25). The zero-order chi connectivity index (χ0) is 17.8. The second-order valence-corrected chi connectivity index (χ2v) is 6.72. The first kappa shape index (κ1) is 17.3. The van der Waals surface area contributed by atoms with Crippen molar-refractivity contribution in [2.24, 2.45) is 0 Å². The van der Waals surface area contributed by atoms with Gasteiger partial charge in [0.15, 0.2) is 0 Å². The van der Waals surface area contributed by atoms with E-state index in [0.29, 0.717) is 18.9 Å². The fourth-order valence-corrected chi connectivity index (χ4v) is 2.90. The Bertz CT molecular complexity index is 871.